The Morgan fingerprint density at radius 2 is 1.53 bits per heavy atom. The van der Waals surface area contributed by atoms with Crippen molar-refractivity contribution >= 4 is 49.7 Å². The standard InChI is InChI=1S/C28H27BrN2S/c1-31(2)17-16-24(20-10-6-4-7-11-20)27(21-12-8-5-9-13-21)25-19-22-18-23(29)14-15-26(22)30-28(25)32-3/h4-15,18-19H,16-17H2,1-3H3/b27-24+. The molecule has 4 rings (SSSR count). The molecule has 0 saturated heterocycles. The normalized spacial score (nSPS) is 12.3. The highest BCUT2D eigenvalue weighted by Crippen LogP contribution is 2.39. The molecule has 0 unspecified atom stereocenters. The van der Waals surface area contributed by atoms with Gasteiger partial charge >= 0.3 is 0 Å². The maximum Gasteiger partial charge on any atom is 0.104 e. The third kappa shape index (κ3) is 5.15. The fraction of sp³-hybridized carbons (Fsp3) is 0.179. The molecule has 4 aromatic rings. The van der Waals surface area contributed by atoms with E-state index < -0.39 is 0 Å². The van der Waals surface area contributed by atoms with Crippen molar-refractivity contribution in [2.24, 2.45) is 0 Å². The van der Waals surface area contributed by atoms with E-state index in [-0.39, 0.29) is 0 Å². The summed E-state index contributed by atoms with van der Waals surface area (Å²) < 4.78 is 1.07. The number of thioether (sulfide) groups is 1. The van der Waals surface area contributed by atoms with Gasteiger partial charge in [0.25, 0.3) is 0 Å². The largest absolute Gasteiger partial charge is 0.309 e. The number of benzene rings is 3. The molecular formula is C28H27BrN2S. The lowest BCUT2D eigenvalue weighted by molar-refractivity contribution is 0.419. The van der Waals surface area contributed by atoms with Crippen LogP contribution >= 0.6 is 27.7 Å². The molecule has 0 fully saturated rings. The fourth-order valence-corrected chi connectivity index (χ4v) is 4.90. The number of halogens is 1. The van der Waals surface area contributed by atoms with Gasteiger partial charge in [0.05, 0.1) is 5.52 Å². The van der Waals surface area contributed by atoms with Gasteiger partial charge in [-0.2, -0.15) is 0 Å². The first kappa shape index (κ1) is 22.8. The monoisotopic (exact) mass is 502 g/mol. The van der Waals surface area contributed by atoms with Crippen molar-refractivity contribution in [3.8, 4) is 0 Å². The van der Waals surface area contributed by atoms with E-state index in [2.05, 4.69) is 126 Å². The maximum absolute atomic E-state index is 5.05. The molecule has 1 aromatic heterocycles. The van der Waals surface area contributed by atoms with Gasteiger partial charge in [-0.15, -0.1) is 11.8 Å². The molecule has 0 amide bonds. The van der Waals surface area contributed by atoms with Gasteiger partial charge in [0.15, 0.2) is 0 Å². The fourth-order valence-electron chi connectivity index (χ4n) is 3.95. The zero-order valence-electron chi connectivity index (χ0n) is 18.7. The number of nitrogens with zero attached hydrogens (tertiary/aromatic N) is 2. The van der Waals surface area contributed by atoms with Crippen molar-refractivity contribution in [2.45, 2.75) is 11.4 Å². The van der Waals surface area contributed by atoms with Crippen molar-refractivity contribution in [1.82, 2.24) is 9.88 Å². The summed E-state index contributed by atoms with van der Waals surface area (Å²) in [7, 11) is 4.26. The number of rotatable bonds is 7. The van der Waals surface area contributed by atoms with Crippen molar-refractivity contribution in [3.63, 3.8) is 0 Å². The summed E-state index contributed by atoms with van der Waals surface area (Å²) in [4.78, 5) is 7.30. The zero-order valence-corrected chi connectivity index (χ0v) is 21.1. The second-order valence-electron chi connectivity index (χ2n) is 8.02. The SMILES string of the molecule is CSc1nc2ccc(Br)cc2cc1/C(=C(\CCN(C)C)c1ccccc1)c1ccccc1. The van der Waals surface area contributed by atoms with Crippen LogP contribution < -0.4 is 0 Å². The van der Waals surface area contributed by atoms with Gasteiger partial charge < -0.3 is 4.90 Å². The Hall–Kier alpha value is -2.40. The average molecular weight is 504 g/mol. The molecular weight excluding hydrogens is 476 g/mol. The Morgan fingerprint density at radius 3 is 2.16 bits per heavy atom. The predicted octanol–water partition coefficient (Wildman–Crippen LogP) is 7.63. The second-order valence-corrected chi connectivity index (χ2v) is 9.73. The molecule has 0 spiro atoms. The summed E-state index contributed by atoms with van der Waals surface area (Å²) in [6, 6.07) is 30.1. The van der Waals surface area contributed by atoms with E-state index in [1.54, 1.807) is 11.8 Å². The van der Waals surface area contributed by atoms with Crippen LogP contribution in [0.25, 0.3) is 22.0 Å². The van der Waals surface area contributed by atoms with Gasteiger partial charge in [-0.1, -0.05) is 76.6 Å². The first-order chi connectivity index (χ1) is 15.6. The summed E-state index contributed by atoms with van der Waals surface area (Å²) >= 11 is 5.34. The van der Waals surface area contributed by atoms with Gasteiger partial charge in [0.1, 0.15) is 5.03 Å². The summed E-state index contributed by atoms with van der Waals surface area (Å²) in [6.07, 6.45) is 3.06. The van der Waals surface area contributed by atoms with Crippen LogP contribution in [0.1, 0.15) is 23.1 Å². The number of hydrogen-bond acceptors (Lipinski definition) is 3. The molecule has 0 aliphatic carbocycles. The van der Waals surface area contributed by atoms with Crippen LogP contribution in [0.4, 0.5) is 0 Å². The number of hydrogen-bond donors (Lipinski definition) is 0. The van der Waals surface area contributed by atoms with E-state index in [4.69, 9.17) is 4.98 Å². The minimum Gasteiger partial charge on any atom is -0.309 e. The molecule has 0 radical (unpaired) electrons. The lowest BCUT2D eigenvalue weighted by atomic mass is 9.88. The van der Waals surface area contributed by atoms with Gasteiger partial charge in [-0.05, 0) is 73.3 Å². The summed E-state index contributed by atoms with van der Waals surface area (Å²) in [5.41, 5.74) is 7.29. The second kappa shape index (κ2) is 10.5. The molecule has 1 heterocycles. The van der Waals surface area contributed by atoms with Gasteiger partial charge in [-0.25, -0.2) is 4.98 Å². The lowest BCUT2D eigenvalue weighted by Gasteiger charge is -2.21. The molecule has 3 aromatic carbocycles. The van der Waals surface area contributed by atoms with E-state index in [1.807, 2.05) is 0 Å². The topological polar surface area (TPSA) is 16.1 Å². The molecule has 0 saturated carbocycles. The first-order valence-electron chi connectivity index (χ1n) is 10.7. The van der Waals surface area contributed by atoms with Gasteiger partial charge in [0, 0.05) is 22.0 Å². The summed E-state index contributed by atoms with van der Waals surface area (Å²) in [6.45, 7) is 0.974. The van der Waals surface area contributed by atoms with Crippen LogP contribution in [0, 0.1) is 0 Å². The van der Waals surface area contributed by atoms with Gasteiger partial charge in [-0.3, -0.25) is 0 Å². The van der Waals surface area contributed by atoms with Crippen LogP contribution in [0.5, 0.6) is 0 Å². The van der Waals surface area contributed by atoms with Crippen LogP contribution in [0.2, 0.25) is 0 Å². The Labute approximate surface area is 203 Å². The third-order valence-corrected chi connectivity index (χ3v) is 6.69. The summed E-state index contributed by atoms with van der Waals surface area (Å²) in [5, 5.41) is 2.19. The Bertz CT molecular complexity index is 1230. The van der Waals surface area contributed by atoms with Crippen LogP contribution in [0.15, 0.2) is 94.4 Å². The van der Waals surface area contributed by atoms with Crippen molar-refractivity contribution in [3.05, 3.63) is 106 Å². The number of aromatic nitrogens is 1. The smallest absolute Gasteiger partial charge is 0.104 e. The molecule has 4 heteroatoms. The lowest BCUT2D eigenvalue weighted by Crippen LogP contribution is -2.14. The quantitative estimate of drug-likeness (QED) is 0.191. The first-order valence-corrected chi connectivity index (χ1v) is 12.7. The molecule has 0 atom stereocenters. The minimum atomic E-state index is 0.950. The Morgan fingerprint density at radius 1 is 0.875 bits per heavy atom. The van der Waals surface area contributed by atoms with Gasteiger partial charge in [0.2, 0.25) is 0 Å². The van der Waals surface area contributed by atoms with E-state index in [9.17, 15) is 0 Å². The number of pyridine rings is 1. The molecule has 0 aliphatic rings. The highest BCUT2D eigenvalue weighted by molar-refractivity contribution is 9.10. The molecule has 32 heavy (non-hydrogen) atoms. The van der Waals surface area contributed by atoms with E-state index in [0.29, 0.717) is 0 Å². The Kier molecular flexibility index (Phi) is 7.46. The highest BCUT2D eigenvalue weighted by Gasteiger charge is 2.19. The maximum atomic E-state index is 5.05. The minimum absolute atomic E-state index is 0.950. The highest BCUT2D eigenvalue weighted by atomic mass is 79.9. The molecule has 162 valence electrons. The Balaban J connectivity index is 2.06. The predicted molar refractivity (Wildman–Crippen MR) is 143 cm³/mol. The van der Waals surface area contributed by atoms with E-state index in [1.165, 1.54) is 27.8 Å². The van der Waals surface area contributed by atoms with Crippen molar-refractivity contribution < 1.29 is 0 Å². The third-order valence-electron chi connectivity index (χ3n) is 5.50. The van der Waals surface area contributed by atoms with Crippen molar-refractivity contribution in [1.29, 1.82) is 0 Å². The van der Waals surface area contributed by atoms with E-state index in [0.717, 1.165) is 33.4 Å². The van der Waals surface area contributed by atoms with Crippen LogP contribution in [-0.4, -0.2) is 36.8 Å². The van der Waals surface area contributed by atoms with Crippen molar-refractivity contribution in [2.75, 3.05) is 26.9 Å². The summed E-state index contributed by atoms with van der Waals surface area (Å²) in [5.74, 6) is 0. The molecule has 0 aliphatic heterocycles. The van der Waals surface area contributed by atoms with E-state index >= 15 is 0 Å². The zero-order chi connectivity index (χ0) is 22.5. The average Bonchev–Trinajstić information content (AvgIpc) is 2.82. The van der Waals surface area contributed by atoms with Crippen LogP contribution in [-0.2, 0) is 0 Å². The molecule has 0 N–H and O–H groups in total. The molecule has 0 bridgehead atoms. The molecule has 2 nitrogen and oxygen atoms in total. The number of fused-ring (bicyclic) bond motifs is 1. The van der Waals surface area contributed by atoms with Crippen LogP contribution in [0.3, 0.4) is 0 Å².